The van der Waals surface area contributed by atoms with Gasteiger partial charge >= 0.3 is 10.4 Å². The van der Waals surface area contributed by atoms with Crippen molar-refractivity contribution in [2.24, 2.45) is 5.90 Å². The van der Waals surface area contributed by atoms with Gasteiger partial charge in [0, 0.05) is 0 Å². The Morgan fingerprint density at radius 1 is 1.54 bits per heavy atom. The van der Waals surface area contributed by atoms with Crippen molar-refractivity contribution >= 4 is 16.3 Å². The summed E-state index contributed by atoms with van der Waals surface area (Å²) in [6.07, 6.45) is 0.229. The first-order valence-electron chi connectivity index (χ1n) is 3.44. The molecule has 0 radical (unpaired) electrons. The van der Waals surface area contributed by atoms with Crippen LogP contribution in [-0.4, -0.2) is 24.9 Å². The molecule has 0 atom stereocenters. The lowest BCUT2D eigenvalue weighted by Gasteiger charge is -2.43. The molecule has 8 heteroatoms. The van der Waals surface area contributed by atoms with Crippen LogP contribution in [0.5, 0.6) is 0 Å². The number of rotatable bonds is 3. The Morgan fingerprint density at radius 3 is 2.38 bits per heavy atom. The average Bonchev–Trinajstić information content (AvgIpc) is 2.00. The van der Waals surface area contributed by atoms with Gasteiger partial charge in [-0.15, -0.1) is 4.28 Å². The fourth-order valence-electron chi connectivity index (χ4n) is 1.01. The normalized spacial score (nSPS) is 21.5. The van der Waals surface area contributed by atoms with E-state index in [1.807, 2.05) is 0 Å². The van der Waals surface area contributed by atoms with Crippen LogP contribution in [0.3, 0.4) is 0 Å². The summed E-state index contributed by atoms with van der Waals surface area (Å²) in [5.74, 6) is 3.99. The van der Waals surface area contributed by atoms with Crippen LogP contribution >= 0.6 is 0 Å². The molecule has 0 aromatic rings. The minimum Gasteiger partial charge on any atom is -0.272 e. The first-order chi connectivity index (χ1) is 5.78. The molecular formula is C5H10N2O5S. The van der Waals surface area contributed by atoms with Crippen LogP contribution in [-0.2, 0) is 23.8 Å². The van der Waals surface area contributed by atoms with Crippen LogP contribution in [0.2, 0.25) is 0 Å². The van der Waals surface area contributed by atoms with Gasteiger partial charge < -0.3 is 0 Å². The van der Waals surface area contributed by atoms with Crippen LogP contribution in [0.15, 0.2) is 0 Å². The molecule has 0 unspecified atom stereocenters. The van der Waals surface area contributed by atoms with Gasteiger partial charge in [-0.2, -0.15) is 23.7 Å². The number of carbonyl (C=O) groups is 1. The molecule has 0 bridgehead atoms. The molecule has 1 rings (SSSR count). The number of nitrogens with two attached hydrogens (primary N) is 1. The second kappa shape index (κ2) is 2.91. The maximum Gasteiger partial charge on any atom is 0.437 e. The zero-order chi connectivity index (χ0) is 10.3. The van der Waals surface area contributed by atoms with E-state index in [9.17, 15) is 13.2 Å². The standard InChI is InChI=1S/C5H10N2O5S/c1-5(2)3-4(8)7(5)12-13(9,10)11-6/h3,6H2,1-2H3. The molecule has 0 spiro atoms. The second-order valence-corrected chi connectivity index (χ2v) is 4.41. The molecule has 1 aliphatic heterocycles. The van der Waals surface area contributed by atoms with Gasteiger partial charge in [-0.3, -0.25) is 4.79 Å². The van der Waals surface area contributed by atoms with Crippen molar-refractivity contribution in [3.8, 4) is 0 Å². The zero-order valence-corrected chi connectivity index (χ0v) is 8.00. The van der Waals surface area contributed by atoms with E-state index < -0.39 is 21.8 Å². The average molecular weight is 210 g/mol. The van der Waals surface area contributed by atoms with E-state index in [0.717, 1.165) is 5.06 Å². The second-order valence-electron chi connectivity index (χ2n) is 3.26. The first-order valence-corrected chi connectivity index (χ1v) is 4.78. The Balaban J connectivity index is 2.70. The summed E-state index contributed by atoms with van der Waals surface area (Å²) in [5.41, 5.74) is -0.636. The number of nitrogens with zero attached hydrogens (tertiary/aromatic N) is 1. The van der Waals surface area contributed by atoms with E-state index >= 15 is 0 Å². The quantitative estimate of drug-likeness (QED) is 0.477. The minimum atomic E-state index is -4.30. The monoisotopic (exact) mass is 210 g/mol. The number of amides is 1. The Hall–Kier alpha value is -0.700. The van der Waals surface area contributed by atoms with Crippen LogP contribution in [0, 0.1) is 0 Å². The highest BCUT2D eigenvalue weighted by Crippen LogP contribution is 2.31. The van der Waals surface area contributed by atoms with E-state index in [1.54, 1.807) is 13.8 Å². The predicted octanol–water partition coefficient (Wildman–Crippen LogP) is -0.936. The SMILES string of the molecule is CC1(C)CC(=O)N1OS(=O)(=O)ON. The number of hydroxylamine groups is 2. The molecule has 76 valence electrons. The molecule has 0 aliphatic carbocycles. The lowest BCUT2D eigenvalue weighted by atomic mass is 9.91. The van der Waals surface area contributed by atoms with Crippen molar-refractivity contribution in [1.29, 1.82) is 0 Å². The molecule has 1 amide bonds. The highest BCUT2D eigenvalue weighted by atomic mass is 32.3. The molecule has 1 saturated heterocycles. The van der Waals surface area contributed by atoms with Gasteiger partial charge in [0.1, 0.15) is 0 Å². The van der Waals surface area contributed by atoms with Gasteiger partial charge in [-0.05, 0) is 13.8 Å². The fourth-order valence-corrected chi connectivity index (χ4v) is 1.51. The molecular weight excluding hydrogens is 200 g/mol. The lowest BCUT2D eigenvalue weighted by molar-refractivity contribution is -0.209. The van der Waals surface area contributed by atoms with Crippen LogP contribution in [0.25, 0.3) is 0 Å². The lowest BCUT2D eigenvalue weighted by Crippen LogP contribution is -2.60. The van der Waals surface area contributed by atoms with E-state index in [-0.39, 0.29) is 6.42 Å². The Kier molecular flexibility index (Phi) is 2.32. The molecule has 0 aromatic carbocycles. The Morgan fingerprint density at radius 2 is 2.08 bits per heavy atom. The molecule has 13 heavy (non-hydrogen) atoms. The highest BCUT2D eigenvalue weighted by Gasteiger charge is 2.47. The number of hydrogen-bond donors (Lipinski definition) is 1. The molecule has 7 nitrogen and oxygen atoms in total. The van der Waals surface area contributed by atoms with Gasteiger partial charge in [0.15, 0.2) is 0 Å². The minimum absolute atomic E-state index is 0.229. The third-order valence-electron chi connectivity index (χ3n) is 1.64. The van der Waals surface area contributed by atoms with E-state index in [2.05, 4.69) is 14.5 Å². The smallest absolute Gasteiger partial charge is 0.272 e. The number of β-lactam (4-membered cyclic amide) rings is 1. The van der Waals surface area contributed by atoms with Crippen molar-refractivity contribution in [1.82, 2.24) is 5.06 Å². The van der Waals surface area contributed by atoms with Crippen molar-refractivity contribution in [2.75, 3.05) is 0 Å². The summed E-state index contributed by atoms with van der Waals surface area (Å²) in [6, 6.07) is 0. The summed E-state index contributed by atoms with van der Waals surface area (Å²) in [7, 11) is -4.30. The predicted molar refractivity (Wildman–Crippen MR) is 40.8 cm³/mol. The van der Waals surface area contributed by atoms with Crippen molar-refractivity contribution < 1.29 is 21.8 Å². The molecule has 1 aliphatic rings. The summed E-state index contributed by atoms with van der Waals surface area (Å²) in [6.45, 7) is 3.31. The molecule has 1 fully saturated rings. The summed E-state index contributed by atoms with van der Waals surface area (Å²) < 4.78 is 29.1. The van der Waals surface area contributed by atoms with Gasteiger partial charge in [0.25, 0.3) is 0 Å². The Labute approximate surface area is 75.6 Å². The van der Waals surface area contributed by atoms with Crippen molar-refractivity contribution in [3.63, 3.8) is 0 Å². The number of hydrogen-bond acceptors (Lipinski definition) is 6. The van der Waals surface area contributed by atoms with Crippen molar-refractivity contribution in [3.05, 3.63) is 0 Å². The molecule has 1 heterocycles. The van der Waals surface area contributed by atoms with Crippen molar-refractivity contribution in [2.45, 2.75) is 25.8 Å². The number of carbonyl (C=O) groups excluding carboxylic acids is 1. The topological polar surface area (TPSA) is 98.9 Å². The molecule has 0 saturated carbocycles. The largest absolute Gasteiger partial charge is 0.437 e. The Bertz CT molecular complexity index is 322. The maximum atomic E-state index is 10.9. The highest BCUT2D eigenvalue weighted by molar-refractivity contribution is 7.81. The molecule has 2 N–H and O–H groups in total. The third kappa shape index (κ3) is 1.97. The van der Waals surface area contributed by atoms with E-state index in [1.165, 1.54) is 0 Å². The van der Waals surface area contributed by atoms with E-state index in [4.69, 9.17) is 0 Å². The zero-order valence-electron chi connectivity index (χ0n) is 7.18. The fraction of sp³-hybridized carbons (Fsp3) is 0.800. The summed E-state index contributed by atoms with van der Waals surface area (Å²) in [4.78, 5) is 10.9. The van der Waals surface area contributed by atoms with E-state index in [0.29, 0.717) is 0 Å². The van der Waals surface area contributed by atoms with Crippen LogP contribution < -0.4 is 5.90 Å². The van der Waals surface area contributed by atoms with Gasteiger partial charge in [0.2, 0.25) is 5.91 Å². The molecule has 0 aromatic heterocycles. The summed E-state index contributed by atoms with van der Waals surface area (Å²) in [5, 5.41) is 0.717. The van der Waals surface area contributed by atoms with Crippen LogP contribution in [0.4, 0.5) is 0 Å². The first kappa shape index (κ1) is 10.4. The summed E-state index contributed by atoms with van der Waals surface area (Å²) >= 11 is 0. The third-order valence-corrected chi connectivity index (χ3v) is 2.21. The maximum absolute atomic E-state index is 10.9. The van der Waals surface area contributed by atoms with Gasteiger partial charge in [0.05, 0.1) is 12.0 Å². The van der Waals surface area contributed by atoms with Gasteiger partial charge in [-0.25, -0.2) is 0 Å². The van der Waals surface area contributed by atoms with Gasteiger partial charge in [-0.1, -0.05) is 0 Å². The van der Waals surface area contributed by atoms with Crippen LogP contribution in [0.1, 0.15) is 20.3 Å².